The number of piperidine rings is 1. The van der Waals surface area contributed by atoms with Crippen LogP contribution in [0.25, 0.3) is 10.8 Å². The number of nitriles is 1. The molecule has 6 nitrogen and oxygen atoms in total. The summed E-state index contributed by atoms with van der Waals surface area (Å²) in [7, 11) is 0. The van der Waals surface area contributed by atoms with Gasteiger partial charge in [0.05, 0.1) is 34.1 Å². The number of rotatable bonds is 4. The van der Waals surface area contributed by atoms with Crippen LogP contribution in [-0.2, 0) is 11.2 Å². The van der Waals surface area contributed by atoms with Gasteiger partial charge in [0.1, 0.15) is 5.76 Å². The van der Waals surface area contributed by atoms with Crippen molar-refractivity contribution >= 4 is 17.2 Å². The van der Waals surface area contributed by atoms with E-state index in [2.05, 4.69) is 11.1 Å². The van der Waals surface area contributed by atoms with Gasteiger partial charge in [0.15, 0.2) is 0 Å². The highest BCUT2D eigenvalue weighted by Crippen LogP contribution is 2.57. The van der Waals surface area contributed by atoms with Crippen LogP contribution >= 0.6 is 11.3 Å². The van der Waals surface area contributed by atoms with Gasteiger partial charge in [-0.05, 0) is 44.1 Å². The zero-order valence-corrected chi connectivity index (χ0v) is 15.5. The number of amides is 1. The summed E-state index contributed by atoms with van der Waals surface area (Å²) in [5.41, 5.74) is -0.871. The number of aliphatic hydroxyl groups is 1. The Hall–Kier alpha value is -2.17. The molecule has 2 fully saturated rings. The topological polar surface area (TPSA) is 90.4 Å². The largest absolute Gasteiger partial charge is 0.440 e. The fraction of sp³-hybridized carbons (Fsp3) is 0.526. The molecule has 0 radical (unpaired) electrons. The summed E-state index contributed by atoms with van der Waals surface area (Å²) in [6, 6.07) is 6.17. The number of likely N-dealkylation sites (tertiary alicyclic amines) is 1. The Balaban J connectivity index is 1.40. The number of aromatic nitrogens is 1. The Morgan fingerprint density at radius 1 is 1.42 bits per heavy atom. The predicted octanol–water partition coefficient (Wildman–Crippen LogP) is 2.91. The van der Waals surface area contributed by atoms with Crippen molar-refractivity contribution in [2.75, 3.05) is 13.1 Å². The van der Waals surface area contributed by atoms with Gasteiger partial charge in [-0.1, -0.05) is 6.07 Å². The zero-order valence-electron chi connectivity index (χ0n) is 14.7. The highest BCUT2D eigenvalue weighted by Gasteiger charge is 2.60. The minimum atomic E-state index is -0.950. The number of hydrogen-bond acceptors (Lipinski definition) is 6. The van der Waals surface area contributed by atoms with E-state index in [1.807, 2.05) is 24.4 Å². The lowest BCUT2D eigenvalue weighted by atomic mass is 9.77. The summed E-state index contributed by atoms with van der Waals surface area (Å²) in [4.78, 5) is 19.9. The molecule has 4 rings (SSSR count). The molecule has 0 bridgehead atoms. The number of oxazole rings is 1. The first-order chi connectivity index (χ1) is 12.5. The lowest BCUT2D eigenvalue weighted by molar-refractivity contribution is -0.136. The van der Waals surface area contributed by atoms with E-state index in [1.54, 1.807) is 16.2 Å². The smallest absolute Gasteiger partial charge is 0.236 e. The first-order valence-electron chi connectivity index (χ1n) is 8.88. The van der Waals surface area contributed by atoms with Crippen molar-refractivity contribution in [3.8, 4) is 16.8 Å². The van der Waals surface area contributed by atoms with Crippen LogP contribution < -0.4 is 0 Å². The first kappa shape index (κ1) is 17.3. The number of hydrogen-bond donors (Lipinski definition) is 1. The van der Waals surface area contributed by atoms with E-state index in [-0.39, 0.29) is 12.3 Å². The summed E-state index contributed by atoms with van der Waals surface area (Å²) in [5, 5.41) is 22.1. The van der Waals surface area contributed by atoms with Crippen molar-refractivity contribution < 1.29 is 14.3 Å². The van der Waals surface area contributed by atoms with Crippen molar-refractivity contribution in [1.29, 1.82) is 5.26 Å². The molecule has 136 valence electrons. The van der Waals surface area contributed by atoms with Gasteiger partial charge in [-0.3, -0.25) is 4.79 Å². The molecule has 0 aromatic carbocycles. The third-order valence-corrected chi connectivity index (χ3v) is 6.60. The van der Waals surface area contributed by atoms with Crippen LogP contribution in [0.2, 0.25) is 0 Å². The van der Waals surface area contributed by atoms with Crippen LogP contribution in [-0.4, -0.2) is 39.6 Å². The maximum atomic E-state index is 12.7. The molecule has 1 saturated carbocycles. The molecule has 1 amide bonds. The van der Waals surface area contributed by atoms with Gasteiger partial charge in [-0.2, -0.15) is 5.26 Å². The lowest BCUT2D eigenvalue weighted by Crippen LogP contribution is -2.51. The number of carbonyl (C=O) groups is 1. The van der Waals surface area contributed by atoms with Crippen LogP contribution in [0.1, 0.15) is 37.1 Å². The van der Waals surface area contributed by atoms with Crippen molar-refractivity contribution in [2.45, 2.75) is 44.6 Å². The normalized spacial score (nSPS) is 20.6. The molecule has 7 heteroatoms. The third kappa shape index (κ3) is 2.83. The fourth-order valence-corrected chi connectivity index (χ4v) is 4.41. The maximum Gasteiger partial charge on any atom is 0.236 e. The van der Waals surface area contributed by atoms with E-state index >= 15 is 0 Å². The molecule has 3 heterocycles. The fourth-order valence-electron chi connectivity index (χ4n) is 3.76. The lowest BCUT2D eigenvalue weighted by Gasteiger charge is -2.41. The van der Waals surface area contributed by atoms with E-state index in [4.69, 9.17) is 4.42 Å². The second kappa shape index (κ2) is 6.22. The standard InChI is InChI=1S/C19H21N3O3S/c1-13-14(21-17(25-13)15-3-2-10-26-15)11-16(23)22-8-6-19(24,7-9-22)18(12-20)4-5-18/h2-3,10,24H,4-9,11H2,1H3. The van der Waals surface area contributed by atoms with Crippen molar-refractivity contribution in [3.63, 3.8) is 0 Å². The number of thiophene rings is 1. The molecule has 1 saturated heterocycles. The van der Waals surface area contributed by atoms with Gasteiger partial charge in [0.2, 0.25) is 11.8 Å². The van der Waals surface area contributed by atoms with Crippen LogP contribution in [0.15, 0.2) is 21.9 Å². The zero-order chi connectivity index (χ0) is 18.4. The van der Waals surface area contributed by atoms with Crippen molar-refractivity contribution in [1.82, 2.24) is 9.88 Å². The summed E-state index contributed by atoms with van der Waals surface area (Å²) in [6.45, 7) is 2.78. The summed E-state index contributed by atoms with van der Waals surface area (Å²) < 4.78 is 5.70. The Morgan fingerprint density at radius 3 is 2.73 bits per heavy atom. The Labute approximate surface area is 156 Å². The second-order valence-electron chi connectivity index (χ2n) is 7.28. The van der Waals surface area contributed by atoms with E-state index in [0.717, 1.165) is 17.7 Å². The minimum Gasteiger partial charge on any atom is -0.440 e. The average Bonchev–Trinajstić information content (AvgIpc) is 3.10. The van der Waals surface area contributed by atoms with Gasteiger partial charge >= 0.3 is 0 Å². The molecule has 26 heavy (non-hydrogen) atoms. The quantitative estimate of drug-likeness (QED) is 0.892. The average molecular weight is 371 g/mol. The van der Waals surface area contributed by atoms with Crippen molar-refractivity contribution in [2.24, 2.45) is 5.41 Å². The number of carbonyl (C=O) groups excluding carboxylic acids is 1. The monoisotopic (exact) mass is 371 g/mol. The van der Waals surface area contributed by atoms with Crippen LogP contribution in [0, 0.1) is 23.7 Å². The van der Waals surface area contributed by atoms with E-state index in [1.165, 1.54) is 0 Å². The molecule has 2 aromatic heterocycles. The summed E-state index contributed by atoms with van der Waals surface area (Å²) in [5.74, 6) is 1.21. The Kier molecular flexibility index (Phi) is 4.13. The van der Waals surface area contributed by atoms with Crippen LogP contribution in [0.4, 0.5) is 0 Å². The number of aryl methyl sites for hydroxylation is 1. The SMILES string of the molecule is Cc1oc(-c2cccs2)nc1CC(=O)N1CCC(O)(C2(C#N)CC2)CC1. The van der Waals surface area contributed by atoms with Crippen LogP contribution in [0.3, 0.4) is 0 Å². The molecule has 2 aromatic rings. The molecule has 0 spiro atoms. The first-order valence-corrected chi connectivity index (χ1v) is 9.76. The van der Waals surface area contributed by atoms with Gasteiger partial charge in [-0.15, -0.1) is 11.3 Å². The molecule has 1 aliphatic heterocycles. The molecule has 0 atom stereocenters. The summed E-state index contributed by atoms with van der Waals surface area (Å²) >= 11 is 1.55. The Morgan fingerprint density at radius 2 is 2.15 bits per heavy atom. The van der Waals surface area contributed by atoms with Gasteiger partial charge in [0.25, 0.3) is 0 Å². The molecule has 1 aliphatic carbocycles. The highest BCUT2D eigenvalue weighted by molar-refractivity contribution is 7.13. The third-order valence-electron chi connectivity index (χ3n) is 5.74. The van der Waals surface area contributed by atoms with Crippen molar-refractivity contribution in [3.05, 3.63) is 29.0 Å². The van der Waals surface area contributed by atoms with Gasteiger partial charge in [0, 0.05) is 13.1 Å². The van der Waals surface area contributed by atoms with E-state index in [0.29, 0.717) is 43.3 Å². The molecule has 0 unspecified atom stereocenters. The number of nitrogens with zero attached hydrogens (tertiary/aromatic N) is 3. The molecule has 1 N–H and O–H groups in total. The van der Waals surface area contributed by atoms with Gasteiger partial charge < -0.3 is 14.4 Å². The Bertz CT molecular complexity index is 853. The molecular weight excluding hydrogens is 350 g/mol. The maximum absolute atomic E-state index is 12.7. The predicted molar refractivity (Wildman–Crippen MR) is 96.3 cm³/mol. The van der Waals surface area contributed by atoms with E-state index < -0.39 is 11.0 Å². The highest BCUT2D eigenvalue weighted by atomic mass is 32.1. The van der Waals surface area contributed by atoms with Crippen LogP contribution in [0.5, 0.6) is 0 Å². The molecular formula is C19H21N3O3S. The second-order valence-corrected chi connectivity index (χ2v) is 8.23. The molecule has 2 aliphatic rings. The summed E-state index contributed by atoms with van der Waals surface area (Å²) in [6.07, 6.45) is 2.65. The van der Waals surface area contributed by atoms with Gasteiger partial charge in [-0.25, -0.2) is 4.98 Å². The minimum absolute atomic E-state index is 0.0111. The van der Waals surface area contributed by atoms with E-state index in [9.17, 15) is 15.2 Å².